The molecule has 2 amide bonds. The van der Waals surface area contributed by atoms with Crippen LogP contribution in [0.25, 0.3) is 0 Å². The Labute approximate surface area is 172 Å². The number of imidazole rings is 1. The normalized spacial score (nSPS) is 19.5. The molecule has 1 N–H and O–H groups in total. The van der Waals surface area contributed by atoms with Gasteiger partial charge in [0.05, 0.1) is 7.05 Å². The van der Waals surface area contributed by atoms with Crippen LogP contribution in [0.4, 0.5) is 9.59 Å². The summed E-state index contributed by atoms with van der Waals surface area (Å²) in [6.45, 7) is 7.16. The van der Waals surface area contributed by atoms with Gasteiger partial charge in [-0.2, -0.15) is 4.57 Å². The van der Waals surface area contributed by atoms with E-state index in [9.17, 15) is 9.59 Å². The molecule has 1 aromatic rings. The second-order valence-electron chi connectivity index (χ2n) is 8.51. The number of aryl methyl sites for hydroxylation is 1. The van der Waals surface area contributed by atoms with E-state index in [4.69, 9.17) is 4.74 Å². The van der Waals surface area contributed by atoms with Gasteiger partial charge in [0.25, 0.3) is 6.33 Å². The smallest absolute Gasteiger partial charge is 0.415 e. The number of piperidine rings is 1. The van der Waals surface area contributed by atoms with E-state index < -0.39 is 5.60 Å². The second-order valence-corrected chi connectivity index (χ2v) is 8.51. The van der Waals surface area contributed by atoms with E-state index in [0.29, 0.717) is 0 Å². The van der Waals surface area contributed by atoms with Gasteiger partial charge in [-0.05, 0) is 51.9 Å². The summed E-state index contributed by atoms with van der Waals surface area (Å²) in [6, 6.07) is 0.235. The highest BCUT2D eigenvalue weighted by Gasteiger charge is 2.47. The van der Waals surface area contributed by atoms with Crippen LogP contribution in [0, 0.1) is 5.41 Å². The van der Waals surface area contributed by atoms with E-state index in [-0.39, 0.29) is 47.6 Å². The maximum Gasteiger partial charge on any atom is 0.415 e. The van der Waals surface area contributed by atoms with Gasteiger partial charge in [0.15, 0.2) is 0 Å². The molecular weight excluding hydrogens is 447 g/mol. The van der Waals surface area contributed by atoms with E-state index in [1.807, 2.05) is 43.5 Å². The molecule has 1 saturated carbocycles. The van der Waals surface area contributed by atoms with Crippen LogP contribution in [-0.4, -0.2) is 46.3 Å². The van der Waals surface area contributed by atoms with Crippen molar-refractivity contribution in [3.63, 3.8) is 0 Å². The van der Waals surface area contributed by atoms with Crippen molar-refractivity contribution in [2.24, 2.45) is 12.5 Å². The first-order valence-corrected chi connectivity index (χ1v) is 8.98. The molecule has 2 fully saturated rings. The van der Waals surface area contributed by atoms with Crippen molar-refractivity contribution in [1.82, 2.24) is 14.8 Å². The fourth-order valence-corrected chi connectivity index (χ4v) is 3.87. The van der Waals surface area contributed by atoms with Crippen LogP contribution in [0.3, 0.4) is 0 Å². The van der Waals surface area contributed by atoms with Gasteiger partial charge in [-0.1, -0.05) is 0 Å². The first-order valence-electron chi connectivity index (χ1n) is 8.98. The van der Waals surface area contributed by atoms with Gasteiger partial charge in [0.1, 0.15) is 18.0 Å². The number of hydrogen-bond donors (Lipinski definition) is 1. The van der Waals surface area contributed by atoms with E-state index in [1.54, 1.807) is 17.1 Å². The highest BCUT2D eigenvalue weighted by molar-refractivity contribution is 5.76. The molecule has 2 heterocycles. The third-order valence-electron chi connectivity index (χ3n) is 5.16. The van der Waals surface area contributed by atoms with Gasteiger partial charge in [0, 0.05) is 19.1 Å². The molecular formula is C18H29IN4O3. The topological polar surface area (TPSA) is 67.5 Å². The van der Waals surface area contributed by atoms with Crippen molar-refractivity contribution >= 4 is 12.1 Å². The molecule has 0 aromatic carbocycles. The van der Waals surface area contributed by atoms with Gasteiger partial charge in [-0.15, -0.1) is 0 Å². The lowest BCUT2D eigenvalue weighted by Gasteiger charge is -2.51. The summed E-state index contributed by atoms with van der Waals surface area (Å²) in [5, 5.41) is 2.96. The number of nitrogens with zero attached hydrogens (tertiary/aromatic N) is 3. The zero-order valence-electron chi connectivity index (χ0n) is 16.0. The van der Waals surface area contributed by atoms with Crippen molar-refractivity contribution in [3.8, 4) is 0 Å². The fraction of sp³-hybridized carbons (Fsp3) is 0.722. The SMILES string of the molecule is C[n+]1ccn(C(=O)N2CCC3(CC2)CC(NC(=O)OC(C)(C)C)C3)c1.[I-]. The lowest BCUT2D eigenvalue weighted by Crippen LogP contribution is -3.00. The minimum absolute atomic E-state index is 0. The summed E-state index contributed by atoms with van der Waals surface area (Å²) in [5.41, 5.74) is -0.190. The van der Waals surface area contributed by atoms with Gasteiger partial charge < -0.3 is 38.9 Å². The number of nitrogens with one attached hydrogen (secondary N) is 1. The molecule has 3 rings (SSSR count). The maximum absolute atomic E-state index is 12.5. The largest absolute Gasteiger partial charge is 1.00 e. The lowest BCUT2D eigenvalue weighted by molar-refractivity contribution is -0.670. The molecule has 1 aliphatic carbocycles. The van der Waals surface area contributed by atoms with Crippen LogP contribution in [0.5, 0.6) is 0 Å². The summed E-state index contributed by atoms with van der Waals surface area (Å²) < 4.78 is 8.81. The Hall–Kier alpha value is -1.32. The zero-order valence-corrected chi connectivity index (χ0v) is 18.2. The Bertz CT molecular complexity index is 652. The van der Waals surface area contributed by atoms with Gasteiger partial charge >= 0.3 is 12.1 Å². The molecule has 1 aliphatic heterocycles. The number of amides is 2. The van der Waals surface area contributed by atoms with Crippen molar-refractivity contribution in [2.75, 3.05) is 13.1 Å². The van der Waals surface area contributed by atoms with Crippen molar-refractivity contribution < 1.29 is 42.9 Å². The highest BCUT2D eigenvalue weighted by atomic mass is 127. The number of carbonyl (C=O) groups is 2. The van der Waals surface area contributed by atoms with E-state index in [2.05, 4.69) is 5.32 Å². The Morgan fingerprint density at radius 3 is 2.35 bits per heavy atom. The lowest BCUT2D eigenvalue weighted by atomic mass is 9.60. The Kier molecular flexibility index (Phi) is 6.24. The van der Waals surface area contributed by atoms with E-state index in [1.165, 1.54) is 0 Å². The average Bonchev–Trinajstić information content (AvgIpc) is 2.90. The van der Waals surface area contributed by atoms with E-state index in [0.717, 1.165) is 38.8 Å². The molecule has 146 valence electrons. The maximum atomic E-state index is 12.5. The average molecular weight is 476 g/mol. The van der Waals surface area contributed by atoms with Crippen LogP contribution in [0.15, 0.2) is 18.7 Å². The van der Waals surface area contributed by atoms with Gasteiger partial charge in [-0.3, -0.25) is 0 Å². The minimum atomic E-state index is -0.466. The number of halogens is 1. The molecule has 0 radical (unpaired) electrons. The van der Waals surface area contributed by atoms with Crippen LogP contribution in [-0.2, 0) is 11.8 Å². The van der Waals surface area contributed by atoms with Crippen LogP contribution >= 0.6 is 0 Å². The quantitative estimate of drug-likeness (QED) is 0.420. The summed E-state index contributed by atoms with van der Waals surface area (Å²) in [5.74, 6) is 0. The molecule has 7 nitrogen and oxygen atoms in total. The highest BCUT2D eigenvalue weighted by Crippen LogP contribution is 2.49. The summed E-state index contributed by atoms with van der Waals surface area (Å²) in [7, 11) is 1.90. The molecule has 1 aromatic heterocycles. The first-order chi connectivity index (χ1) is 11.7. The van der Waals surface area contributed by atoms with E-state index >= 15 is 0 Å². The number of rotatable bonds is 1. The molecule has 8 heteroatoms. The monoisotopic (exact) mass is 476 g/mol. The number of ether oxygens (including phenoxy) is 1. The Morgan fingerprint density at radius 2 is 1.85 bits per heavy atom. The first kappa shape index (κ1) is 21.0. The molecule has 0 unspecified atom stereocenters. The predicted octanol–water partition coefficient (Wildman–Crippen LogP) is -0.946. The standard InChI is InChI=1S/C18H28N4O3.HI/c1-17(2,3)25-15(23)19-14-11-18(12-14)5-7-21(8-6-18)16(24)22-10-9-20(4)13-22;/h9-10,13-14H,5-8,11-12H2,1-4H3;1H. The second kappa shape index (κ2) is 7.74. The third kappa shape index (κ3) is 4.89. The van der Waals surface area contributed by atoms with Gasteiger partial charge in [0.2, 0.25) is 0 Å². The Balaban J connectivity index is 0.00000243. The molecule has 26 heavy (non-hydrogen) atoms. The molecule has 1 spiro atoms. The van der Waals surface area contributed by atoms with Crippen molar-refractivity contribution in [3.05, 3.63) is 18.7 Å². The molecule has 0 atom stereocenters. The number of hydrogen-bond acceptors (Lipinski definition) is 3. The number of alkyl carbamates (subject to hydrolysis) is 1. The molecule has 2 aliphatic rings. The van der Waals surface area contributed by atoms with Crippen molar-refractivity contribution in [1.29, 1.82) is 0 Å². The fourth-order valence-electron chi connectivity index (χ4n) is 3.87. The molecule has 0 bridgehead atoms. The predicted molar refractivity (Wildman–Crippen MR) is 92.0 cm³/mol. The molecule has 1 saturated heterocycles. The summed E-state index contributed by atoms with van der Waals surface area (Å²) in [4.78, 5) is 26.2. The van der Waals surface area contributed by atoms with Crippen LogP contribution < -0.4 is 33.9 Å². The number of likely N-dealkylation sites (tertiary alicyclic amines) is 1. The summed E-state index contributed by atoms with van der Waals surface area (Å²) in [6.07, 6.45) is 9.06. The minimum Gasteiger partial charge on any atom is -1.00 e. The third-order valence-corrected chi connectivity index (χ3v) is 5.16. The number of aromatic nitrogens is 2. The van der Waals surface area contributed by atoms with Crippen LogP contribution in [0.2, 0.25) is 0 Å². The van der Waals surface area contributed by atoms with Gasteiger partial charge in [-0.25, -0.2) is 14.2 Å². The number of carbonyl (C=O) groups excluding carboxylic acids is 2. The van der Waals surface area contributed by atoms with Crippen LogP contribution in [0.1, 0.15) is 46.5 Å². The summed E-state index contributed by atoms with van der Waals surface area (Å²) >= 11 is 0. The van der Waals surface area contributed by atoms with Crippen molar-refractivity contribution in [2.45, 2.75) is 58.1 Å². The zero-order chi connectivity index (χ0) is 18.2. The Morgan fingerprint density at radius 1 is 1.23 bits per heavy atom.